The number of carbonyl (C=O) groups excluding carboxylic acids is 3. The number of carboxylic acids is 3. The third kappa shape index (κ3) is 10.6. The molecule has 3 amide bonds. The monoisotopic (exact) mass is 464 g/mol. The first kappa shape index (κ1) is 28.7. The molecule has 0 fully saturated rings. The van der Waals surface area contributed by atoms with Gasteiger partial charge in [0.2, 0.25) is 17.7 Å². The normalized spacial score (nSPS) is 15.4. The number of nitrogens with two attached hydrogens (primary N) is 1. The van der Waals surface area contributed by atoms with Gasteiger partial charge in [0, 0.05) is 12.8 Å². The lowest BCUT2D eigenvalue weighted by Crippen LogP contribution is -2.58. The van der Waals surface area contributed by atoms with E-state index in [2.05, 4.69) is 10.6 Å². The van der Waals surface area contributed by atoms with Crippen LogP contribution in [0.25, 0.3) is 0 Å². The van der Waals surface area contributed by atoms with Crippen LogP contribution in [0.15, 0.2) is 0 Å². The van der Waals surface area contributed by atoms with Crippen molar-refractivity contribution >= 4 is 35.6 Å². The molecule has 15 nitrogen and oxygen atoms in total. The van der Waals surface area contributed by atoms with Crippen molar-refractivity contribution in [2.45, 2.75) is 62.9 Å². The molecule has 0 aromatic rings. The molecule has 32 heavy (non-hydrogen) atoms. The summed E-state index contributed by atoms with van der Waals surface area (Å²) >= 11 is 0. The number of aliphatic hydroxyl groups is 2. The van der Waals surface area contributed by atoms with Crippen LogP contribution in [-0.2, 0) is 28.8 Å². The Morgan fingerprint density at radius 1 is 0.781 bits per heavy atom. The van der Waals surface area contributed by atoms with E-state index in [1.165, 1.54) is 0 Å². The second-order valence-electron chi connectivity index (χ2n) is 6.84. The third-order valence-corrected chi connectivity index (χ3v) is 4.14. The van der Waals surface area contributed by atoms with Crippen molar-refractivity contribution in [2.75, 3.05) is 6.61 Å². The van der Waals surface area contributed by atoms with Crippen molar-refractivity contribution in [3.05, 3.63) is 0 Å². The van der Waals surface area contributed by atoms with Crippen LogP contribution >= 0.6 is 0 Å². The molecule has 5 atom stereocenters. The summed E-state index contributed by atoms with van der Waals surface area (Å²) < 4.78 is 0. The highest BCUT2D eigenvalue weighted by Gasteiger charge is 2.32. The van der Waals surface area contributed by atoms with Crippen LogP contribution in [-0.4, -0.2) is 98.0 Å². The van der Waals surface area contributed by atoms with Gasteiger partial charge in [-0.15, -0.1) is 0 Å². The SMILES string of the molecule is CC(O)C(NC(=O)C(CCC(=O)O)NC(=O)C(CCC(=O)O)NC(=O)C(N)CO)C(=O)O. The standard InChI is InChI=1S/C17H28N4O11/c1-7(23)13(17(31)32)21-16(30)10(3-5-12(26)27)20-15(29)9(2-4-11(24)25)19-14(28)8(18)6-22/h7-10,13,22-23H,2-6,18H2,1H3,(H,19,28)(H,20,29)(H,21,30)(H,24,25)(H,26,27)(H,31,32). The summed E-state index contributed by atoms with van der Waals surface area (Å²) in [4.78, 5) is 69.8. The molecular formula is C17H28N4O11. The molecule has 0 saturated carbocycles. The van der Waals surface area contributed by atoms with E-state index in [1.807, 2.05) is 5.32 Å². The van der Waals surface area contributed by atoms with E-state index in [-0.39, 0.29) is 0 Å². The Morgan fingerprint density at radius 3 is 1.53 bits per heavy atom. The maximum absolute atomic E-state index is 12.6. The fourth-order valence-corrected chi connectivity index (χ4v) is 2.35. The van der Waals surface area contributed by atoms with E-state index in [1.54, 1.807) is 0 Å². The fraction of sp³-hybridized carbons (Fsp3) is 0.647. The molecule has 0 rings (SSSR count). The minimum Gasteiger partial charge on any atom is -0.481 e. The molecule has 0 aliphatic rings. The summed E-state index contributed by atoms with van der Waals surface area (Å²) in [6, 6.07) is -6.27. The number of aliphatic hydroxyl groups excluding tert-OH is 2. The molecule has 0 aromatic carbocycles. The van der Waals surface area contributed by atoms with Crippen LogP contribution in [0.2, 0.25) is 0 Å². The first-order chi connectivity index (χ1) is 14.8. The van der Waals surface area contributed by atoms with Gasteiger partial charge in [-0.05, 0) is 19.8 Å². The molecule has 0 aromatic heterocycles. The molecule has 0 radical (unpaired) electrons. The van der Waals surface area contributed by atoms with E-state index in [9.17, 15) is 33.9 Å². The lowest BCUT2D eigenvalue weighted by atomic mass is 10.1. The van der Waals surface area contributed by atoms with Gasteiger partial charge in [-0.2, -0.15) is 0 Å². The summed E-state index contributed by atoms with van der Waals surface area (Å²) in [7, 11) is 0. The predicted molar refractivity (Wildman–Crippen MR) is 104 cm³/mol. The van der Waals surface area contributed by atoms with E-state index in [4.69, 9.17) is 26.2 Å². The Hall–Kier alpha value is -3.30. The number of amides is 3. The Labute approximate surface area is 182 Å². The number of carbonyl (C=O) groups is 6. The van der Waals surface area contributed by atoms with Gasteiger partial charge in [0.25, 0.3) is 0 Å². The van der Waals surface area contributed by atoms with Gasteiger partial charge in [0.05, 0.1) is 12.7 Å². The van der Waals surface area contributed by atoms with Crippen LogP contribution in [0.4, 0.5) is 0 Å². The Balaban J connectivity index is 5.57. The van der Waals surface area contributed by atoms with Crippen LogP contribution in [0.5, 0.6) is 0 Å². The molecule has 182 valence electrons. The molecule has 0 aliphatic heterocycles. The molecule has 15 heteroatoms. The minimum atomic E-state index is -1.75. The maximum atomic E-state index is 12.6. The number of nitrogens with one attached hydrogen (secondary N) is 3. The minimum absolute atomic E-state index is 0.427. The molecule has 0 spiro atoms. The zero-order chi connectivity index (χ0) is 25.0. The van der Waals surface area contributed by atoms with Gasteiger partial charge < -0.3 is 47.2 Å². The zero-order valence-electron chi connectivity index (χ0n) is 17.2. The number of aliphatic carboxylic acids is 3. The summed E-state index contributed by atoms with van der Waals surface area (Å²) in [5.41, 5.74) is 5.34. The smallest absolute Gasteiger partial charge is 0.328 e. The summed E-state index contributed by atoms with van der Waals surface area (Å²) in [6.45, 7) is 0.324. The van der Waals surface area contributed by atoms with Crippen LogP contribution in [0.3, 0.4) is 0 Å². The van der Waals surface area contributed by atoms with E-state index >= 15 is 0 Å². The molecule has 0 heterocycles. The van der Waals surface area contributed by atoms with Gasteiger partial charge >= 0.3 is 17.9 Å². The van der Waals surface area contributed by atoms with Crippen molar-refractivity contribution in [3.63, 3.8) is 0 Å². The van der Waals surface area contributed by atoms with Crippen molar-refractivity contribution in [1.29, 1.82) is 0 Å². The average Bonchev–Trinajstić information content (AvgIpc) is 2.69. The molecule has 0 saturated heterocycles. The molecule has 0 bridgehead atoms. The summed E-state index contributed by atoms with van der Waals surface area (Å²) in [5.74, 6) is -7.38. The Bertz CT molecular complexity index is 713. The second kappa shape index (κ2) is 13.9. The average molecular weight is 464 g/mol. The van der Waals surface area contributed by atoms with Crippen molar-refractivity contribution in [1.82, 2.24) is 16.0 Å². The summed E-state index contributed by atoms with van der Waals surface area (Å²) in [6.07, 6.45) is -3.60. The van der Waals surface area contributed by atoms with Crippen LogP contribution in [0, 0.1) is 0 Å². The van der Waals surface area contributed by atoms with Gasteiger partial charge in [-0.25, -0.2) is 4.79 Å². The predicted octanol–water partition coefficient (Wildman–Crippen LogP) is -4.04. The molecular weight excluding hydrogens is 436 g/mol. The highest BCUT2D eigenvalue weighted by atomic mass is 16.4. The lowest BCUT2D eigenvalue weighted by Gasteiger charge is -2.25. The summed E-state index contributed by atoms with van der Waals surface area (Å²) in [5, 5.41) is 51.4. The Morgan fingerprint density at radius 2 is 1.19 bits per heavy atom. The van der Waals surface area contributed by atoms with Crippen molar-refractivity contribution in [3.8, 4) is 0 Å². The third-order valence-electron chi connectivity index (χ3n) is 4.14. The molecule has 10 N–H and O–H groups in total. The number of carboxylic acid groups (broad SMARTS) is 3. The maximum Gasteiger partial charge on any atom is 0.328 e. The van der Waals surface area contributed by atoms with E-state index in [0.717, 1.165) is 6.92 Å². The van der Waals surface area contributed by atoms with Crippen LogP contribution in [0.1, 0.15) is 32.6 Å². The van der Waals surface area contributed by atoms with Gasteiger partial charge in [0.15, 0.2) is 6.04 Å². The quantitative estimate of drug-likeness (QED) is 0.112. The number of hydrogen-bond donors (Lipinski definition) is 9. The topological polar surface area (TPSA) is 266 Å². The van der Waals surface area contributed by atoms with Gasteiger partial charge in [-0.1, -0.05) is 0 Å². The highest BCUT2D eigenvalue weighted by Crippen LogP contribution is 2.05. The highest BCUT2D eigenvalue weighted by molar-refractivity contribution is 5.94. The van der Waals surface area contributed by atoms with Gasteiger partial charge in [0.1, 0.15) is 18.1 Å². The molecule has 0 aliphatic carbocycles. The van der Waals surface area contributed by atoms with Crippen LogP contribution < -0.4 is 21.7 Å². The molecule has 5 unspecified atom stereocenters. The van der Waals surface area contributed by atoms with Gasteiger partial charge in [-0.3, -0.25) is 24.0 Å². The van der Waals surface area contributed by atoms with E-state index < -0.39 is 98.2 Å². The zero-order valence-corrected chi connectivity index (χ0v) is 17.2. The first-order valence-electron chi connectivity index (χ1n) is 9.42. The largest absolute Gasteiger partial charge is 0.481 e. The fourth-order valence-electron chi connectivity index (χ4n) is 2.35. The van der Waals surface area contributed by atoms with E-state index in [0.29, 0.717) is 0 Å². The second-order valence-corrected chi connectivity index (χ2v) is 6.84. The van der Waals surface area contributed by atoms with Crippen molar-refractivity contribution in [2.24, 2.45) is 5.73 Å². The number of rotatable bonds is 15. The number of hydrogen-bond acceptors (Lipinski definition) is 9. The van der Waals surface area contributed by atoms with Crippen molar-refractivity contribution < 1.29 is 54.3 Å². The Kier molecular flexibility index (Phi) is 12.5. The lowest BCUT2D eigenvalue weighted by molar-refractivity contribution is -0.145. The first-order valence-corrected chi connectivity index (χ1v) is 9.42.